The van der Waals surface area contributed by atoms with Crippen molar-refractivity contribution in [2.75, 3.05) is 23.6 Å². The minimum absolute atomic E-state index is 0.160. The maximum absolute atomic E-state index is 14.7. The molecule has 6 nitrogen and oxygen atoms in total. The number of halogens is 4. The largest absolute Gasteiger partial charge is 0.394 e. The molecule has 0 saturated heterocycles. The zero-order valence-electron chi connectivity index (χ0n) is 16.4. The van der Waals surface area contributed by atoms with E-state index in [1.54, 1.807) is 24.3 Å². The molecule has 0 unspecified atom stereocenters. The van der Waals surface area contributed by atoms with Crippen molar-refractivity contribution in [2.45, 2.75) is 6.10 Å². The highest BCUT2D eigenvalue weighted by Gasteiger charge is 2.26. The molecule has 3 aromatic rings. The van der Waals surface area contributed by atoms with E-state index in [1.165, 1.54) is 24.3 Å². The molecular weight excluding hydrogens is 540 g/mol. The zero-order valence-corrected chi connectivity index (χ0v) is 18.6. The molecule has 0 fully saturated rings. The predicted octanol–water partition coefficient (Wildman–Crippen LogP) is 4.38. The third-order valence-corrected chi connectivity index (χ3v) is 4.97. The van der Waals surface area contributed by atoms with Crippen LogP contribution in [-0.4, -0.2) is 35.4 Å². The number of carbonyl (C=O) groups excluding carboxylic acids is 1. The topological polar surface area (TPSA) is 82.0 Å². The van der Waals surface area contributed by atoms with E-state index in [0.717, 1.165) is 17.2 Å². The Bertz CT molecular complexity index is 1100. The summed E-state index contributed by atoms with van der Waals surface area (Å²) in [5.74, 6) is -4.25. The maximum Gasteiger partial charge on any atom is 0.284 e. The lowest BCUT2D eigenvalue weighted by molar-refractivity contribution is -0.00168. The van der Waals surface area contributed by atoms with Crippen LogP contribution in [0.5, 0.6) is 0 Å². The van der Waals surface area contributed by atoms with E-state index < -0.39 is 48.4 Å². The summed E-state index contributed by atoms with van der Waals surface area (Å²) in [4.78, 5) is 18.7. The molecular formula is C22H18F3IN2O4. The number of anilines is 3. The Morgan fingerprint density at radius 1 is 1.06 bits per heavy atom. The van der Waals surface area contributed by atoms with Gasteiger partial charge in [0.1, 0.15) is 18.5 Å². The van der Waals surface area contributed by atoms with Gasteiger partial charge in [0.15, 0.2) is 11.6 Å². The first-order valence-electron chi connectivity index (χ1n) is 9.33. The second kappa shape index (κ2) is 10.8. The van der Waals surface area contributed by atoms with Crippen molar-refractivity contribution >= 4 is 45.6 Å². The van der Waals surface area contributed by atoms with Crippen molar-refractivity contribution in [1.82, 2.24) is 0 Å². The highest BCUT2D eigenvalue weighted by molar-refractivity contribution is 14.1. The van der Waals surface area contributed by atoms with E-state index in [9.17, 15) is 23.1 Å². The molecule has 0 aliphatic carbocycles. The van der Waals surface area contributed by atoms with Crippen molar-refractivity contribution in [3.63, 3.8) is 0 Å². The number of amides is 1. The average Bonchev–Trinajstić information content (AvgIpc) is 2.79. The van der Waals surface area contributed by atoms with Crippen LogP contribution in [0.1, 0.15) is 10.4 Å². The fraction of sp³-hybridized carbons (Fsp3) is 0.136. The minimum Gasteiger partial charge on any atom is -0.394 e. The number of aliphatic hydroxyl groups excluding tert-OH is 2. The summed E-state index contributed by atoms with van der Waals surface area (Å²) in [6.45, 7) is -1.06. The lowest BCUT2D eigenvalue weighted by atomic mass is 10.1. The Morgan fingerprint density at radius 3 is 2.44 bits per heavy atom. The van der Waals surface area contributed by atoms with E-state index in [2.05, 4.69) is 5.32 Å². The highest BCUT2D eigenvalue weighted by atomic mass is 127. The molecule has 10 heteroatoms. The summed E-state index contributed by atoms with van der Waals surface area (Å²) >= 11 is 1.90. The van der Waals surface area contributed by atoms with Crippen molar-refractivity contribution in [2.24, 2.45) is 0 Å². The Morgan fingerprint density at radius 2 is 1.78 bits per heavy atom. The number of hydrogen-bond acceptors (Lipinski definition) is 5. The summed E-state index contributed by atoms with van der Waals surface area (Å²) in [5.41, 5.74) is -0.850. The number of hydrogen-bond donors (Lipinski definition) is 3. The van der Waals surface area contributed by atoms with Crippen LogP contribution in [-0.2, 0) is 4.84 Å². The number of hydroxylamine groups is 1. The van der Waals surface area contributed by atoms with Crippen LogP contribution in [0.25, 0.3) is 0 Å². The molecule has 0 spiro atoms. The lowest BCUT2D eigenvalue weighted by Gasteiger charge is -2.24. The van der Waals surface area contributed by atoms with Gasteiger partial charge in [0, 0.05) is 3.57 Å². The Kier molecular flexibility index (Phi) is 8.07. The number of nitrogens with one attached hydrogen (secondary N) is 1. The van der Waals surface area contributed by atoms with Gasteiger partial charge >= 0.3 is 0 Å². The molecule has 3 rings (SSSR count). The lowest BCUT2D eigenvalue weighted by Crippen LogP contribution is -2.35. The summed E-state index contributed by atoms with van der Waals surface area (Å²) in [5, 5.41) is 21.9. The zero-order chi connectivity index (χ0) is 23.3. The van der Waals surface area contributed by atoms with Crippen LogP contribution in [0, 0.1) is 21.0 Å². The first kappa shape index (κ1) is 24.0. The van der Waals surface area contributed by atoms with Gasteiger partial charge in [-0.3, -0.25) is 9.63 Å². The second-order valence-corrected chi connectivity index (χ2v) is 7.85. The molecule has 0 aromatic heterocycles. The fourth-order valence-corrected chi connectivity index (χ4v) is 3.17. The second-order valence-electron chi connectivity index (χ2n) is 6.60. The number of rotatable bonds is 8. The fourth-order valence-electron chi connectivity index (χ4n) is 2.71. The number of aliphatic hydroxyl groups is 2. The molecule has 32 heavy (non-hydrogen) atoms. The molecule has 3 aromatic carbocycles. The van der Waals surface area contributed by atoms with E-state index in [4.69, 9.17) is 9.94 Å². The van der Waals surface area contributed by atoms with Crippen LogP contribution < -0.4 is 10.4 Å². The van der Waals surface area contributed by atoms with Gasteiger partial charge in [-0.1, -0.05) is 18.2 Å². The number of benzene rings is 3. The smallest absolute Gasteiger partial charge is 0.284 e. The van der Waals surface area contributed by atoms with Gasteiger partial charge in [-0.25, -0.2) is 13.2 Å². The summed E-state index contributed by atoms with van der Waals surface area (Å²) < 4.78 is 43.6. The van der Waals surface area contributed by atoms with Gasteiger partial charge in [-0.2, -0.15) is 5.06 Å². The molecule has 0 bridgehead atoms. The molecule has 1 atom stereocenters. The standard InChI is InChI=1S/C22H18F3IN2O4/c23-17-8-7-16(21(20(17)25)27-19-9-6-13(26)10-18(19)24)22(31)28(32-12-15(30)11-29)14-4-2-1-3-5-14/h1-10,15,27,29-30H,11-12H2/t15-/m1/s1. The van der Waals surface area contributed by atoms with Gasteiger partial charge in [0.2, 0.25) is 0 Å². The SMILES string of the molecule is O=C(c1ccc(F)c(F)c1Nc1ccc(I)cc1F)N(OC[C@H](O)CO)c1ccccc1. The number of nitrogens with zero attached hydrogens (tertiary/aromatic N) is 1. The average molecular weight is 558 g/mol. The third kappa shape index (κ3) is 5.57. The Balaban J connectivity index is 2.03. The molecule has 0 saturated carbocycles. The molecule has 3 N–H and O–H groups in total. The van der Waals surface area contributed by atoms with Crippen molar-refractivity contribution in [1.29, 1.82) is 0 Å². The van der Waals surface area contributed by atoms with Crippen LogP contribution >= 0.6 is 22.6 Å². The monoisotopic (exact) mass is 558 g/mol. The van der Waals surface area contributed by atoms with Gasteiger partial charge < -0.3 is 15.5 Å². The molecule has 0 aliphatic rings. The Labute approximate surface area is 195 Å². The molecule has 168 valence electrons. The molecule has 0 radical (unpaired) electrons. The quantitative estimate of drug-likeness (QED) is 0.283. The first-order chi connectivity index (χ1) is 15.3. The van der Waals surface area contributed by atoms with Gasteiger partial charge in [0.25, 0.3) is 5.91 Å². The number of carbonyl (C=O) groups is 1. The highest BCUT2D eigenvalue weighted by Crippen LogP contribution is 2.30. The first-order valence-corrected chi connectivity index (χ1v) is 10.4. The molecule has 1 amide bonds. The molecule has 0 heterocycles. The van der Waals surface area contributed by atoms with E-state index in [0.29, 0.717) is 3.57 Å². The maximum atomic E-state index is 14.7. The Hall–Kier alpha value is -2.67. The summed E-state index contributed by atoms with van der Waals surface area (Å²) in [6, 6.07) is 13.9. The van der Waals surface area contributed by atoms with Crippen LogP contribution in [0.3, 0.4) is 0 Å². The predicted molar refractivity (Wildman–Crippen MR) is 121 cm³/mol. The van der Waals surface area contributed by atoms with Crippen LogP contribution in [0.4, 0.5) is 30.2 Å². The van der Waals surface area contributed by atoms with E-state index in [-0.39, 0.29) is 16.9 Å². The van der Waals surface area contributed by atoms with Crippen molar-refractivity contribution in [3.8, 4) is 0 Å². The van der Waals surface area contributed by atoms with Crippen molar-refractivity contribution in [3.05, 3.63) is 87.2 Å². The van der Waals surface area contributed by atoms with Crippen LogP contribution in [0.2, 0.25) is 0 Å². The summed E-state index contributed by atoms with van der Waals surface area (Å²) in [7, 11) is 0. The normalized spacial score (nSPS) is 11.8. The third-order valence-electron chi connectivity index (χ3n) is 4.30. The van der Waals surface area contributed by atoms with Gasteiger partial charge in [-0.15, -0.1) is 0 Å². The number of para-hydroxylation sites is 1. The molecule has 0 aliphatic heterocycles. The van der Waals surface area contributed by atoms with Gasteiger partial charge in [0.05, 0.1) is 29.2 Å². The van der Waals surface area contributed by atoms with E-state index >= 15 is 0 Å². The van der Waals surface area contributed by atoms with Crippen LogP contribution in [0.15, 0.2) is 60.7 Å². The van der Waals surface area contributed by atoms with Crippen molar-refractivity contribution < 1.29 is 33.0 Å². The van der Waals surface area contributed by atoms with E-state index in [1.807, 2.05) is 22.6 Å². The summed E-state index contributed by atoms with van der Waals surface area (Å²) in [6.07, 6.45) is -1.28. The minimum atomic E-state index is -1.38. The van der Waals surface area contributed by atoms with Gasteiger partial charge in [-0.05, 0) is 65.1 Å².